The van der Waals surface area contributed by atoms with Gasteiger partial charge >= 0.3 is 0 Å². The molecule has 0 saturated carbocycles. The lowest BCUT2D eigenvalue weighted by Crippen LogP contribution is -2.54. The van der Waals surface area contributed by atoms with Crippen molar-refractivity contribution in [3.63, 3.8) is 0 Å². The lowest BCUT2D eigenvalue weighted by Gasteiger charge is -2.34. The van der Waals surface area contributed by atoms with Crippen LogP contribution < -0.4 is 5.32 Å². The van der Waals surface area contributed by atoms with E-state index in [-0.39, 0.29) is 37.2 Å². The van der Waals surface area contributed by atoms with E-state index < -0.39 is 0 Å². The average Bonchev–Trinajstić information content (AvgIpc) is 3.12. The van der Waals surface area contributed by atoms with Gasteiger partial charge in [-0.15, -0.1) is 37.2 Å². The van der Waals surface area contributed by atoms with Crippen LogP contribution in [-0.2, 0) is 12.8 Å². The monoisotopic (exact) mass is 554 g/mol. The molecule has 3 heterocycles. The zero-order valence-corrected chi connectivity index (χ0v) is 24.5. The SMILES string of the molecule is CCc1nn2c(C)cc(C)nc2c1Cc1ccc(/C=C/CN2CCN[C@@H](CN(C)C)C2)cc1.Cl.Cl.Cl. The molecule has 0 unspecified atom stereocenters. The van der Waals surface area contributed by atoms with E-state index in [2.05, 4.69) is 92.5 Å². The number of aromatic nitrogens is 3. The van der Waals surface area contributed by atoms with Crippen molar-refractivity contribution >= 4 is 48.9 Å². The molecule has 3 aromatic rings. The van der Waals surface area contributed by atoms with Crippen LogP contribution >= 0.6 is 37.2 Å². The zero-order valence-electron chi connectivity index (χ0n) is 22.0. The van der Waals surface area contributed by atoms with E-state index >= 15 is 0 Å². The summed E-state index contributed by atoms with van der Waals surface area (Å²) in [5.74, 6) is 0. The van der Waals surface area contributed by atoms with Crippen molar-refractivity contribution in [2.75, 3.05) is 46.8 Å². The molecule has 200 valence electrons. The molecule has 1 aromatic carbocycles. The molecule has 1 saturated heterocycles. The standard InChI is InChI=1S/C27H38N6.3ClH/c1-6-26-25(27-29-20(2)16-21(3)33(27)30-26)17-23-11-9-22(10-12-23)8-7-14-32-15-13-28-24(19-32)18-31(4)5;;;/h7-12,16,24,28H,6,13-15,17-19H2,1-5H3;3*1H/b8-7+;;;/t24-;;;/m0.../s1. The summed E-state index contributed by atoms with van der Waals surface area (Å²) >= 11 is 0. The predicted molar refractivity (Wildman–Crippen MR) is 159 cm³/mol. The summed E-state index contributed by atoms with van der Waals surface area (Å²) in [6, 6.07) is 11.6. The Labute approximate surface area is 234 Å². The van der Waals surface area contributed by atoms with Crippen molar-refractivity contribution in [3.8, 4) is 0 Å². The second kappa shape index (κ2) is 14.9. The van der Waals surface area contributed by atoms with Crippen LogP contribution in [0, 0.1) is 13.8 Å². The molecule has 1 fully saturated rings. The summed E-state index contributed by atoms with van der Waals surface area (Å²) in [4.78, 5) is 9.59. The quantitative estimate of drug-likeness (QED) is 0.440. The van der Waals surface area contributed by atoms with Gasteiger partial charge in [0.1, 0.15) is 0 Å². The van der Waals surface area contributed by atoms with Crippen LogP contribution in [0.25, 0.3) is 11.7 Å². The number of hydrogen-bond acceptors (Lipinski definition) is 5. The summed E-state index contributed by atoms with van der Waals surface area (Å²) in [6.07, 6.45) is 6.32. The van der Waals surface area contributed by atoms with Gasteiger partial charge in [-0.2, -0.15) is 5.10 Å². The highest BCUT2D eigenvalue weighted by Crippen LogP contribution is 2.21. The minimum Gasteiger partial charge on any atom is -0.310 e. The lowest BCUT2D eigenvalue weighted by atomic mass is 10.0. The number of fused-ring (bicyclic) bond motifs is 1. The molecule has 1 atom stereocenters. The van der Waals surface area contributed by atoms with Crippen LogP contribution in [0.2, 0.25) is 0 Å². The van der Waals surface area contributed by atoms with Gasteiger partial charge in [0.2, 0.25) is 0 Å². The van der Waals surface area contributed by atoms with Crippen molar-refractivity contribution in [2.24, 2.45) is 0 Å². The maximum absolute atomic E-state index is 4.82. The van der Waals surface area contributed by atoms with Crippen LogP contribution in [0.4, 0.5) is 0 Å². The number of likely N-dealkylation sites (N-methyl/N-ethyl adjacent to an activating group) is 1. The highest BCUT2D eigenvalue weighted by atomic mass is 35.5. The summed E-state index contributed by atoms with van der Waals surface area (Å²) in [5.41, 5.74) is 8.11. The normalized spacial score (nSPS) is 16.1. The van der Waals surface area contributed by atoms with E-state index in [0.29, 0.717) is 6.04 Å². The number of piperazine rings is 1. The summed E-state index contributed by atoms with van der Waals surface area (Å²) < 4.78 is 2.00. The third-order valence-corrected chi connectivity index (χ3v) is 6.37. The minimum atomic E-state index is 0. The molecule has 0 radical (unpaired) electrons. The molecule has 1 aliphatic rings. The van der Waals surface area contributed by atoms with Crippen LogP contribution in [0.1, 0.15) is 40.7 Å². The van der Waals surface area contributed by atoms with E-state index in [4.69, 9.17) is 10.1 Å². The van der Waals surface area contributed by atoms with Crippen molar-refractivity contribution in [1.29, 1.82) is 0 Å². The van der Waals surface area contributed by atoms with Crippen molar-refractivity contribution in [1.82, 2.24) is 29.7 Å². The number of nitrogens with zero attached hydrogens (tertiary/aromatic N) is 5. The fourth-order valence-electron chi connectivity index (χ4n) is 4.79. The number of nitrogens with one attached hydrogen (secondary N) is 1. The Bertz CT molecular complexity index is 1110. The van der Waals surface area contributed by atoms with E-state index in [0.717, 1.165) is 68.3 Å². The summed E-state index contributed by atoms with van der Waals surface area (Å²) in [5, 5.41) is 8.44. The first-order valence-electron chi connectivity index (χ1n) is 12.1. The second-order valence-electron chi connectivity index (χ2n) is 9.55. The second-order valence-corrected chi connectivity index (χ2v) is 9.55. The molecular formula is C27H41Cl3N6. The number of rotatable bonds is 8. The first-order valence-corrected chi connectivity index (χ1v) is 12.1. The van der Waals surface area contributed by atoms with Gasteiger partial charge in [0.05, 0.1) is 5.69 Å². The Morgan fingerprint density at radius 3 is 2.50 bits per heavy atom. The fourth-order valence-corrected chi connectivity index (χ4v) is 4.79. The Hall–Kier alpha value is -1.67. The van der Waals surface area contributed by atoms with E-state index in [1.165, 1.54) is 16.7 Å². The molecule has 0 spiro atoms. The number of benzene rings is 1. The maximum Gasteiger partial charge on any atom is 0.159 e. The summed E-state index contributed by atoms with van der Waals surface area (Å²) in [6.45, 7) is 11.7. The van der Waals surface area contributed by atoms with Gasteiger partial charge in [0, 0.05) is 62.1 Å². The van der Waals surface area contributed by atoms with Crippen LogP contribution in [0.15, 0.2) is 36.4 Å². The zero-order chi connectivity index (χ0) is 23.4. The Morgan fingerprint density at radius 1 is 1.11 bits per heavy atom. The predicted octanol–water partition coefficient (Wildman–Crippen LogP) is 4.61. The van der Waals surface area contributed by atoms with Crippen LogP contribution in [-0.4, -0.2) is 77.3 Å². The topological polar surface area (TPSA) is 48.7 Å². The molecular weight excluding hydrogens is 515 g/mol. The molecule has 4 rings (SSSR count). The van der Waals surface area contributed by atoms with Gasteiger partial charge < -0.3 is 10.2 Å². The smallest absolute Gasteiger partial charge is 0.159 e. The third-order valence-electron chi connectivity index (χ3n) is 6.37. The van der Waals surface area contributed by atoms with Gasteiger partial charge in [0.15, 0.2) is 5.65 Å². The lowest BCUT2D eigenvalue weighted by molar-refractivity contribution is 0.192. The molecule has 1 N–H and O–H groups in total. The number of aryl methyl sites for hydroxylation is 3. The van der Waals surface area contributed by atoms with Gasteiger partial charge in [-0.1, -0.05) is 43.3 Å². The molecule has 0 amide bonds. The Kier molecular flexibility index (Phi) is 13.4. The average molecular weight is 556 g/mol. The first-order chi connectivity index (χ1) is 15.9. The van der Waals surface area contributed by atoms with Gasteiger partial charge in [-0.3, -0.25) is 4.90 Å². The molecule has 0 aliphatic carbocycles. The van der Waals surface area contributed by atoms with Crippen molar-refractivity contribution in [3.05, 3.63) is 70.2 Å². The van der Waals surface area contributed by atoms with Gasteiger partial charge in [-0.05, 0) is 51.6 Å². The largest absolute Gasteiger partial charge is 0.310 e. The van der Waals surface area contributed by atoms with Crippen molar-refractivity contribution in [2.45, 2.75) is 39.7 Å². The molecule has 36 heavy (non-hydrogen) atoms. The molecule has 2 aromatic heterocycles. The maximum atomic E-state index is 4.82. The van der Waals surface area contributed by atoms with Gasteiger partial charge in [-0.25, -0.2) is 9.50 Å². The molecule has 9 heteroatoms. The highest BCUT2D eigenvalue weighted by molar-refractivity contribution is 5.86. The molecule has 0 bridgehead atoms. The number of hydrogen-bond donors (Lipinski definition) is 1. The number of halogens is 3. The first kappa shape index (κ1) is 32.4. The minimum absolute atomic E-state index is 0. The molecule has 1 aliphatic heterocycles. The Balaban J connectivity index is 0.00000216. The van der Waals surface area contributed by atoms with E-state index in [9.17, 15) is 0 Å². The van der Waals surface area contributed by atoms with E-state index in [1.807, 2.05) is 4.52 Å². The Morgan fingerprint density at radius 2 is 1.83 bits per heavy atom. The van der Waals surface area contributed by atoms with Crippen molar-refractivity contribution < 1.29 is 0 Å². The van der Waals surface area contributed by atoms with Crippen LogP contribution in [0.5, 0.6) is 0 Å². The van der Waals surface area contributed by atoms with Crippen LogP contribution in [0.3, 0.4) is 0 Å². The van der Waals surface area contributed by atoms with Gasteiger partial charge in [0.25, 0.3) is 0 Å². The molecule has 6 nitrogen and oxygen atoms in total. The highest BCUT2D eigenvalue weighted by Gasteiger charge is 2.18. The fraction of sp³-hybridized carbons (Fsp3) is 0.481. The van der Waals surface area contributed by atoms with E-state index in [1.54, 1.807) is 0 Å². The third kappa shape index (κ3) is 8.17. The summed E-state index contributed by atoms with van der Waals surface area (Å²) in [7, 11) is 4.28.